The number of ether oxygens (including phenoxy) is 2. The van der Waals surface area contributed by atoms with Gasteiger partial charge >= 0.3 is 6.09 Å². The second kappa shape index (κ2) is 10.9. The van der Waals surface area contributed by atoms with Gasteiger partial charge in [0.15, 0.2) is 5.01 Å². The van der Waals surface area contributed by atoms with Gasteiger partial charge in [-0.2, -0.15) is 10.4 Å². The highest BCUT2D eigenvalue weighted by molar-refractivity contribution is 7.18. The SMILES string of the molecule is CC(C)(C)OC(=O)N1CCN(c2nnc(-c3cnc(-c4ccc5cc(C#N)cnn45)cc3N[C@@H]3CCOC3)s2)CC1. The number of nitrogens with zero attached hydrogens (tertiary/aromatic N) is 8. The van der Waals surface area contributed by atoms with Gasteiger partial charge in [-0.15, -0.1) is 10.2 Å². The first-order valence-corrected chi connectivity index (χ1v) is 14.4. The lowest BCUT2D eigenvalue weighted by Gasteiger charge is -2.35. The Hall–Kier alpha value is -4.28. The molecular weight excluding hydrogens is 542 g/mol. The molecule has 0 saturated carbocycles. The molecule has 4 aromatic heterocycles. The predicted octanol–water partition coefficient (Wildman–Crippen LogP) is 4.04. The van der Waals surface area contributed by atoms with Crippen LogP contribution >= 0.6 is 11.3 Å². The number of rotatable bonds is 5. The van der Waals surface area contributed by atoms with Crippen molar-refractivity contribution in [1.82, 2.24) is 29.7 Å². The summed E-state index contributed by atoms with van der Waals surface area (Å²) in [6.45, 7) is 9.39. The van der Waals surface area contributed by atoms with E-state index in [2.05, 4.69) is 31.6 Å². The molecule has 0 unspecified atom stereocenters. The van der Waals surface area contributed by atoms with Crippen LogP contribution in [0.25, 0.3) is 27.5 Å². The molecule has 0 aliphatic carbocycles. The van der Waals surface area contributed by atoms with Crippen molar-refractivity contribution in [2.24, 2.45) is 0 Å². The van der Waals surface area contributed by atoms with Crippen LogP contribution in [-0.4, -0.2) is 86.8 Å². The summed E-state index contributed by atoms with van der Waals surface area (Å²) in [6, 6.07) is 10.0. The van der Waals surface area contributed by atoms with Crippen LogP contribution in [-0.2, 0) is 9.47 Å². The highest BCUT2D eigenvalue weighted by atomic mass is 32.1. The van der Waals surface area contributed by atoms with Gasteiger partial charge in [0.2, 0.25) is 5.13 Å². The summed E-state index contributed by atoms with van der Waals surface area (Å²) in [7, 11) is 0. The highest BCUT2D eigenvalue weighted by Crippen LogP contribution is 2.36. The molecule has 1 atom stereocenters. The van der Waals surface area contributed by atoms with Crippen LogP contribution in [0.5, 0.6) is 0 Å². The Bertz CT molecular complexity index is 1610. The van der Waals surface area contributed by atoms with Crippen LogP contribution in [0.3, 0.4) is 0 Å². The van der Waals surface area contributed by atoms with Crippen LogP contribution in [0.2, 0.25) is 0 Å². The molecule has 0 bridgehead atoms. The Morgan fingerprint density at radius 1 is 1.17 bits per heavy atom. The largest absolute Gasteiger partial charge is 0.444 e. The molecule has 0 radical (unpaired) electrons. The van der Waals surface area contributed by atoms with Crippen LogP contribution in [0.1, 0.15) is 32.8 Å². The van der Waals surface area contributed by atoms with Gasteiger partial charge < -0.3 is 24.6 Å². The van der Waals surface area contributed by atoms with Gasteiger partial charge in [-0.1, -0.05) is 11.3 Å². The number of carbonyl (C=O) groups is 1. The second-order valence-corrected chi connectivity index (χ2v) is 12.0. The van der Waals surface area contributed by atoms with E-state index in [9.17, 15) is 10.1 Å². The fourth-order valence-corrected chi connectivity index (χ4v) is 5.79. The van der Waals surface area contributed by atoms with Crippen LogP contribution in [0, 0.1) is 11.3 Å². The molecule has 0 aromatic carbocycles. The summed E-state index contributed by atoms with van der Waals surface area (Å²) < 4.78 is 12.9. The van der Waals surface area contributed by atoms with Crippen LogP contribution < -0.4 is 10.2 Å². The molecule has 2 aliphatic rings. The number of aromatic nitrogens is 5. The van der Waals surface area contributed by atoms with Gasteiger partial charge in [0.25, 0.3) is 0 Å². The molecule has 41 heavy (non-hydrogen) atoms. The molecule has 13 heteroatoms. The van der Waals surface area contributed by atoms with E-state index in [4.69, 9.17) is 14.5 Å². The molecule has 2 aliphatic heterocycles. The van der Waals surface area contributed by atoms with Gasteiger partial charge in [-0.05, 0) is 51.5 Å². The number of hydrogen-bond donors (Lipinski definition) is 1. The van der Waals surface area contributed by atoms with Gasteiger partial charge in [0, 0.05) is 44.7 Å². The Kier molecular flexibility index (Phi) is 7.19. The molecule has 0 spiro atoms. The molecule has 2 fully saturated rings. The van der Waals surface area contributed by atoms with E-state index in [1.807, 2.05) is 45.2 Å². The number of anilines is 2. The lowest BCUT2D eigenvalue weighted by atomic mass is 10.1. The van der Waals surface area contributed by atoms with Crippen molar-refractivity contribution in [3.05, 3.63) is 42.2 Å². The quantitative estimate of drug-likeness (QED) is 0.373. The average Bonchev–Trinajstić information content (AvgIpc) is 3.73. The number of fused-ring (bicyclic) bond motifs is 1. The fraction of sp³-hybridized carbons (Fsp3) is 0.429. The number of nitriles is 1. The molecule has 212 valence electrons. The van der Waals surface area contributed by atoms with E-state index in [0.717, 1.165) is 51.3 Å². The van der Waals surface area contributed by atoms with E-state index in [1.54, 1.807) is 21.7 Å². The van der Waals surface area contributed by atoms with Crippen molar-refractivity contribution in [1.29, 1.82) is 5.26 Å². The van der Waals surface area contributed by atoms with E-state index < -0.39 is 5.60 Å². The third-order valence-corrected chi connectivity index (χ3v) is 7.95. The molecule has 6 heterocycles. The number of hydrogen-bond acceptors (Lipinski definition) is 11. The Balaban J connectivity index is 1.25. The van der Waals surface area contributed by atoms with Gasteiger partial charge in [-0.3, -0.25) is 4.98 Å². The zero-order valence-corrected chi connectivity index (χ0v) is 24.0. The number of piperazine rings is 1. The molecule has 1 N–H and O–H groups in total. The lowest BCUT2D eigenvalue weighted by molar-refractivity contribution is 0.0240. The molecule has 6 rings (SSSR count). The zero-order chi connectivity index (χ0) is 28.6. The van der Waals surface area contributed by atoms with Crippen molar-refractivity contribution in [3.8, 4) is 28.0 Å². The number of amides is 1. The van der Waals surface area contributed by atoms with Crippen molar-refractivity contribution in [2.45, 2.75) is 38.8 Å². The standard InChI is InChI=1S/C28H31N9O3S/c1-28(2,3)40-27(38)36-9-7-35(8-10-36)26-34-33-25(41-26)21-16-30-23(13-22(21)32-19-6-11-39-17-19)24-5-4-20-12-18(14-29)15-31-37(20)24/h4-5,12-13,15-16,19H,6-11,17H2,1-3H3,(H,30,32)/t19-/m1/s1. The smallest absolute Gasteiger partial charge is 0.410 e. The second-order valence-electron chi connectivity index (χ2n) is 11.1. The summed E-state index contributed by atoms with van der Waals surface area (Å²) in [5, 5.41) is 27.9. The van der Waals surface area contributed by atoms with Crippen LogP contribution in [0.15, 0.2) is 36.7 Å². The first-order valence-electron chi connectivity index (χ1n) is 13.6. The average molecular weight is 574 g/mol. The fourth-order valence-electron chi connectivity index (χ4n) is 4.87. The van der Waals surface area contributed by atoms with Crippen molar-refractivity contribution >= 4 is 33.8 Å². The first kappa shape index (κ1) is 26.9. The first-order chi connectivity index (χ1) is 19.8. The maximum Gasteiger partial charge on any atom is 0.410 e. The third-order valence-electron chi connectivity index (χ3n) is 6.93. The normalized spacial score (nSPS) is 17.6. The lowest BCUT2D eigenvalue weighted by Crippen LogP contribution is -2.50. The maximum atomic E-state index is 12.5. The summed E-state index contributed by atoms with van der Waals surface area (Å²) in [5.41, 5.74) is 4.13. The number of carbonyl (C=O) groups excluding carboxylic acids is 1. The van der Waals surface area contributed by atoms with Gasteiger partial charge in [0.05, 0.1) is 46.9 Å². The summed E-state index contributed by atoms with van der Waals surface area (Å²) in [6.07, 6.45) is 3.99. The molecule has 12 nitrogen and oxygen atoms in total. The van der Waals surface area contributed by atoms with E-state index >= 15 is 0 Å². The summed E-state index contributed by atoms with van der Waals surface area (Å²) >= 11 is 1.50. The van der Waals surface area contributed by atoms with Crippen LogP contribution in [0.4, 0.5) is 15.6 Å². The number of nitrogens with one attached hydrogen (secondary N) is 1. The molecule has 1 amide bonds. The molecule has 4 aromatic rings. The minimum Gasteiger partial charge on any atom is -0.444 e. The van der Waals surface area contributed by atoms with Gasteiger partial charge in [0.1, 0.15) is 11.7 Å². The minimum atomic E-state index is -0.519. The third kappa shape index (κ3) is 5.79. The summed E-state index contributed by atoms with van der Waals surface area (Å²) in [5.74, 6) is 0. The number of pyridine rings is 1. The molecular formula is C28H31N9O3S. The monoisotopic (exact) mass is 573 g/mol. The molecule has 2 saturated heterocycles. The van der Waals surface area contributed by atoms with E-state index in [0.29, 0.717) is 38.3 Å². The zero-order valence-electron chi connectivity index (χ0n) is 23.2. The van der Waals surface area contributed by atoms with Gasteiger partial charge in [-0.25, -0.2) is 9.31 Å². The van der Waals surface area contributed by atoms with E-state index in [-0.39, 0.29) is 12.1 Å². The Labute approximate surface area is 241 Å². The topological polar surface area (TPSA) is 134 Å². The van der Waals surface area contributed by atoms with Crippen molar-refractivity contribution in [2.75, 3.05) is 49.6 Å². The predicted molar refractivity (Wildman–Crippen MR) is 155 cm³/mol. The highest BCUT2D eigenvalue weighted by Gasteiger charge is 2.28. The maximum absolute atomic E-state index is 12.5. The summed E-state index contributed by atoms with van der Waals surface area (Å²) in [4.78, 5) is 21.1. The Morgan fingerprint density at radius 2 is 2.00 bits per heavy atom. The minimum absolute atomic E-state index is 0.178. The van der Waals surface area contributed by atoms with E-state index in [1.165, 1.54) is 11.3 Å². The van der Waals surface area contributed by atoms with Crippen molar-refractivity contribution < 1.29 is 14.3 Å². The Morgan fingerprint density at radius 3 is 2.73 bits per heavy atom. The van der Waals surface area contributed by atoms with Crippen molar-refractivity contribution in [3.63, 3.8) is 0 Å².